The van der Waals surface area contributed by atoms with Crippen LogP contribution in [-0.2, 0) is 4.74 Å². The lowest BCUT2D eigenvalue weighted by molar-refractivity contribution is 0.0392. The van der Waals surface area contributed by atoms with Crippen LogP contribution in [0.2, 0.25) is 5.15 Å². The van der Waals surface area contributed by atoms with Gasteiger partial charge in [-0.25, -0.2) is 4.79 Å². The van der Waals surface area contributed by atoms with Crippen LogP contribution >= 0.6 is 11.6 Å². The van der Waals surface area contributed by atoms with E-state index >= 15 is 0 Å². The second-order valence-corrected chi connectivity index (χ2v) is 6.83. The van der Waals surface area contributed by atoms with Gasteiger partial charge in [-0.2, -0.15) is 0 Å². The van der Waals surface area contributed by atoms with Crippen LogP contribution in [0.1, 0.15) is 29.9 Å². The van der Waals surface area contributed by atoms with Crippen LogP contribution in [-0.4, -0.2) is 52.6 Å². The van der Waals surface area contributed by atoms with E-state index in [4.69, 9.17) is 26.2 Å². The molecule has 0 atom stereocenters. The van der Waals surface area contributed by atoms with E-state index in [2.05, 4.69) is 22.3 Å². The van der Waals surface area contributed by atoms with Crippen LogP contribution in [0.3, 0.4) is 0 Å². The SMILES string of the molecule is Cc1cccc(C2CC2)c1Oc1ccc(Cl)nn1.O=C(O)N1CCOCC1. The van der Waals surface area contributed by atoms with Crippen LogP contribution in [0.5, 0.6) is 11.6 Å². The Hall–Kier alpha value is -2.38. The van der Waals surface area contributed by atoms with Crippen molar-refractivity contribution in [2.75, 3.05) is 26.3 Å². The lowest BCUT2D eigenvalue weighted by atomic mass is 10.1. The molecular weight excluding hydrogens is 370 g/mol. The fraction of sp³-hybridized carbons (Fsp3) is 0.421. The minimum absolute atomic E-state index is 0.370. The summed E-state index contributed by atoms with van der Waals surface area (Å²) in [4.78, 5) is 11.6. The number of aryl methyl sites for hydroxylation is 1. The number of hydrogen-bond donors (Lipinski definition) is 1. The third-order valence-corrected chi connectivity index (χ3v) is 4.56. The zero-order valence-corrected chi connectivity index (χ0v) is 15.9. The van der Waals surface area contributed by atoms with E-state index in [1.807, 2.05) is 13.0 Å². The minimum atomic E-state index is -0.849. The predicted octanol–water partition coefficient (Wildman–Crippen LogP) is 4.10. The molecule has 27 heavy (non-hydrogen) atoms. The summed E-state index contributed by atoms with van der Waals surface area (Å²) < 4.78 is 10.8. The van der Waals surface area contributed by atoms with Crippen molar-refractivity contribution in [3.8, 4) is 11.6 Å². The topological polar surface area (TPSA) is 84.8 Å². The van der Waals surface area contributed by atoms with E-state index in [-0.39, 0.29) is 0 Å². The highest BCUT2D eigenvalue weighted by Gasteiger charge is 2.27. The number of benzene rings is 1. The number of morpholine rings is 1. The van der Waals surface area contributed by atoms with Crippen molar-refractivity contribution in [1.29, 1.82) is 0 Å². The average Bonchev–Trinajstić information content (AvgIpc) is 3.51. The first-order chi connectivity index (χ1) is 13.0. The van der Waals surface area contributed by atoms with Gasteiger partial charge in [-0.15, -0.1) is 10.2 Å². The van der Waals surface area contributed by atoms with Crippen molar-refractivity contribution in [2.45, 2.75) is 25.7 Å². The Labute approximate surface area is 162 Å². The number of aromatic nitrogens is 2. The summed E-state index contributed by atoms with van der Waals surface area (Å²) >= 11 is 5.71. The molecule has 4 rings (SSSR count). The molecule has 1 aliphatic heterocycles. The van der Waals surface area contributed by atoms with E-state index in [0.29, 0.717) is 43.3 Å². The molecule has 7 nitrogen and oxygen atoms in total. The van der Waals surface area contributed by atoms with Crippen LogP contribution in [0, 0.1) is 6.92 Å². The molecule has 8 heteroatoms. The monoisotopic (exact) mass is 391 g/mol. The Morgan fingerprint density at radius 2 is 1.96 bits per heavy atom. The smallest absolute Gasteiger partial charge is 0.407 e. The standard InChI is InChI=1S/C14H13ClN2O.C5H9NO3/c1-9-3-2-4-11(10-5-6-10)14(9)18-13-8-7-12(15)16-17-13;7-5(8)6-1-3-9-4-2-6/h2-4,7-8,10H,5-6H2,1H3;1-4H2,(H,7,8). The molecule has 0 spiro atoms. The highest BCUT2D eigenvalue weighted by atomic mass is 35.5. The van der Waals surface area contributed by atoms with E-state index in [9.17, 15) is 4.79 Å². The number of para-hydroxylation sites is 1. The second kappa shape index (κ2) is 9.01. The normalized spacial score (nSPS) is 16.3. The second-order valence-electron chi connectivity index (χ2n) is 6.45. The summed E-state index contributed by atoms with van der Waals surface area (Å²) in [6.07, 6.45) is 1.64. The molecule has 1 N–H and O–H groups in total. The van der Waals surface area contributed by atoms with Gasteiger partial charge in [0.15, 0.2) is 5.15 Å². The summed E-state index contributed by atoms with van der Waals surface area (Å²) in [6, 6.07) is 9.66. The largest absolute Gasteiger partial charge is 0.465 e. The zero-order valence-electron chi connectivity index (χ0n) is 15.1. The lowest BCUT2D eigenvalue weighted by Gasteiger charge is -2.23. The third kappa shape index (κ3) is 5.55. The molecule has 1 amide bonds. The van der Waals surface area contributed by atoms with E-state index in [1.54, 1.807) is 12.1 Å². The molecule has 144 valence electrons. The van der Waals surface area contributed by atoms with Gasteiger partial charge in [0.2, 0.25) is 5.88 Å². The van der Waals surface area contributed by atoms with Crippen LogP contribution in [0.25, 0.3) is 0 Å². The molecule has 1 aromatic carbocycles. The van der Waals surface area contributed by atoms with Crippen LogP contribution in [0.4, 0.5) is 4.79 Å². The Morgan fingerprint density at radius 3 is 2.52 bits per heavy atom. The maximum Gasteiger partial charge on any atom is 0.407 e. The summed E-state index contributed by atoms with van der Waals surface area (Å²) in [5.41, 5.74) is 2.39. The van der Waals surface area contributed by atoms with Crippen molar-refractivity contribution >= 4 is 17.7 Å². The highest BCUT2D eigenvalue weighted by Crippen LogP contribution is 2.46. The number of carboxylic acid groups (broad SMARTS) is 1. The first-order valence-electron chi connectivity index (χ1n) is 8.87. The summed E-state index contributed by atoms with van der Waals surface area (Å²) in [5.74, 6) is 2.03. The lowest BCUT2D eigenvalue weighted by Crippen LogP contribution is -2.39. The molecule has 2 aliphatic rings. The minimum Gasteiger partial charge on any atom is -0.465 e. The van der Waals surface area contributed by atoms with Gasteiger partial charge in [-0.1, -0.05) is 29.8 Å². The van der Waals surface area contributed by atoms with E-state index in [1.165, 1.54) is 23.3 Å². The molecule has 0 bridgehead atoms. The van der Waals surface area contributed by atoms with Crippen LogP contribution in [0.15, 0.2) is 30.3 Å². The van der Waals surface area contributed by atoms with Gasteiger partial charge in [-0.3, -0.25) is 0 Å². The van der Waals surface area contributed by atoms with Gasteiger partial charge < -0.3 is 19.5 Å². The van der Waals surface area contributed by atoms with Gasteiger partial charge in [-0.05, 0) is 42.9 Å². The fourth-order valence-corrected chi connectivity index (χ4v) is 2.85. The Kier molecular flexibility index (Phi) is 6.47. The molecule has 2 aromatic rings. The first kappa shape index (κ1) is 19.4. The Morgan fingerprint density at radius 1 is 1.22 bits per heavy atom. The van der Waals surface area contributed by atoms with Crippen molar-refractivity contribution in [3.63, 3.8) is 0 Å². The maximum atomic E-state index is 10.2. The van der Waals surface area contributed by atoms with Gasteiger partial charge in [0.05, 0.1) is 13.2 Å². The average molecular weight is 392 g/mol. The molecule has 0 unspecified atom stereocenters. The Bertz CT molecular complexity index is 775. The summed E-state index contributed by atoms with van der Waals surface area (Å²) in [7, 11) is 0. The number of ether oxygens (including phenoxy) is 2. The van der Waals surface area contributed by atoms with Crippen LogP contribution < -0.4 is 4.74 Å². The van der Waals surface area contributed by atoms with Gasteiger partial charge >= 0.3 is 6.09 Å². The predicted molar refractivity (Wildman–Crippen MR) is 101 cm³/mol. The third-order valence-electron chi connectivity index (χ3n) is 4.36. The van der Waals surface area contributed by atoms with Gasteiger partial charge in [0.1, 0.15) is 5.75 Å². The number of hydrogen-bond acceptors (Lipinski definition) is 5. The molecule has 2 heterocycles. The summed E-state index contributed by atoms with van der Waals surface area (Å²) in [6.45, 7) is 4.13. The number of carbonyl (C=O) groups is 1. The first-order valence-corrected chi connectivity index (χ1v) is 9.24. The molecule has 1 aromatic heterocycles. The molecule has 1 saturated heterocycles. The molecular formula is C19H22ClN3O4. The number of halogens is 1. The quantitative estimate of drug-likeness (QED) is 0.847. The molecule has 0 radical (unpaired) electrons. The zero-order chi connectivity index (χ0) is 19.2. The van der Waals surface area contributed by atoms with E-state index in [0.717, 1.165) is 11.3 Å². The van der Waals surface area contributed by atoms with Crippen molar-refractivity contribution in [3.05, 3.63) is 46.6 Å². The van der Waals surface area contributed by atoms with E-state index < -0.39 is 6.09 Å². The highest BCUT2D eigenvalue weighted by molar-refractivity contribution is 6.29. The summed E-state index contributed by atoms with van der Waals surface area (Å²) in [5, 5.41) is 16.5. The molecule has 1 aliphatic carbocycles. The van der Waals surface area contributed by atoms with Crippen molar-refractivity contribution in [1.82, 2.24) is 15.1 Å². The molecule has 1 saturated carbocycles. The van der Waals surface area contributed by atoms with Crippen molar-refractivity contribution in [2.24, 2.45) is 0 Å². The number of rotatable bonds is 3. The number of nitrogens with zero attached hydrogens (tertiary/aromatic N) is 3. The fourth-order valence-electron chi connectivity index (χ4n) is 2.75. The maximum absolute atomic E-state index is 10.2. The van der Waals surface area contributed by atoms with Gasteiger partial charge in [0.25, 0.3) is 0 Å². The van der Waals surface area contributed by atoms with Crippen molar-refractivity contribution < 1.29 is 19.4 Å². The van der Waals surface area contributed by atoms with Gasteiger partial charge in [0, 0.05) is 19.2 Å². The Balaban J connectivity index is 0.000000197. The number of amides is 1. The molecule has 2 fully saturated rings.